The molecule has 1 heterocycles. The molecule has 90 valence electrons. The van der Waals surface area contributed by atoms with Crippen LogP contribution in [-0.4, -0.2) is 20.8 Å². The van der Waals surface area contributed by atoms with Crippen LogP contribution in [-0.2, 0) is 10.3 Å². The summed E-state index contributed by atoms with van der Waals surface area (Å²) in [6.07, 6.45) is 2.66. The van der Waals surface area contributed by atoms with Crippen molar-refractivity contribution in [1.29, 1.82) is 0 Å². The summed E-state index contributed by atoms with van der Waals surface area (Å²) < 4.78 is 1.84. The van der Waals surface area contributed by atoms with Crippen LogP contribution in [0.4, 0.5) is 0 Å². The third kappa shape index (κ3) is 2.68. The zero-order chi connectivity index (χ0) is 12.6. The molecule has 0 unspecified atom stereocenters. The third-order valence-corrected chi connectivity index (χ3v) is 3.06. The first-order valence-corrected chi connectivity index (χ1v) is 5.56. The van der Waals surface area contributed by atoms with E-state index in [0.717, 1.165) is 12.1 Å². The van der Waals surface area contributed by atoms with Crippen LogP contribution in [0.1, 0.15) is 46.7 Å². The maximum Gasteiger partial charge on any atom is 0.135 e. The summed E-state index contributed by atoms with van der Waals surface area (Å²) in [6, 6.07) is 0. The van der Waals surface area contributed by atoms with Crippen molar-refractivity contribution in [2.75, 3.05) is 0 Å². The smallest absolute Gasteiger partial charge is 0.135 e. The summed E-state index contributed by atoms with van der Waals surface area (Å²) in [5.41, 5.74) is 0.369. The number of hydrogen-bond acceptors (Lipinski definition) is 3. The van der Waals surface area contributed by atoms with Gasteiger partial charge in [-0.25, -0.2) is 4.68 Å². The van der Waals surface area contributed by atoms with Crippen LogP contribution in [0.5, 0.6) is 0 Å². The molecular formula is C12H21N3O. The van der Waals surface area contributed by atoms with E-state index < -0.39 is 0 Å². The number of Topliss-reactive ketones (excluding diaryl/α,β-unsaturated/α-hetero) is 1. The van der Waals surface area contributed by atoms with E-state index in [0.29, 0.717) is 0 Å². The second-order valence-corrected chi connectivity index (χ2v) is 5.73. The number of carbonyl (C=O) groups excluding carboxylic acids is 1. The quantitative estimate of drug-likeness (QED) is 0.787. The number of aromatic nitrogens is 3. The Labute approximate surface area is 97.0 Å². The van der Waals surface area contributed by atoms with Gasteiger partial charge in [0.1, 0.15) is 5.78 Å². The Bertz CT molecular complexity index is 391. The Morgan fingerprint density at radius 2 is 1.94 bits per heavy atom. The zero-order valence-corrected chi connectivity index (χ0v) is 11.0. The number of nitrogens with zero attached hydrogens (tertiary/aromatic N) is 3. The fraction of sp³-hybridized carbons (Fsp3) is 0.750. The molecule has 4 nitrogen and oxygen atoms in total. The molecule has 0 atom stereocenters. The summed E-state index contributed by atoms with van der Waals surface area (Å²) >= 11 is 0. The highest BCUT2D eigenvalue weighted by atomic mass is 16.1. The van der Waals surface area contributed by atoms with Crippen LogP contribution in [0, 0.1) is 12.3 Å². The normalized spacial score (nSPS) is 12.9. The Hall–Kier alpha value is -1.19. The average molecular weight is 223 g/mol. The SMILES string of the molecule is CC(=O)C(C)(C)CC(C)(C)n1cc(C)nn1. The molecule has 1 aromatic heterocycles. The number of aryl methyl sites for hydroxylation is 1. The van der Waals surface area contributed by atoms with Crippen molar-refractivity contribution >= 4 is 5.78 Å². The van der Waals surface area contributed by atoms with Gasteiger partial charge in [-0.15, -0.1) is 5.10 Å². The van der Waals surface area contributed by atoms with Gasteiger partial charge in [-0.3, -0.25) is 4.79 Å². The monoisotopic (exact) mass is 223 g/mol. The molecule has 0 amide bonds. The number of ketones is 1. The minimum atomic E-state index is -0.330. The molecule has 0 aliphatic heterocycles. The topological polar surface area (TPSA) is 47.8 Å². The lowest BCUT2D eigenvalue weighted by Gasteiger charge is -2.33. The lowest BCUT2D eigenvalue weighted by Crippen LogP contribution is -2.36. The van der Waals surface area contributed by atoms with Gasteiger partial charge >= 0.3 is 0 Å². The first-order chi connectivity index (χ1) is 7.15. The molecule has 0 radical (unpaired) electrons. The standard InChI is InChI=1S/C12H21N3O/c1-9-7-15(14-13-9)12(5,6)8-11(3,4)10(2)16/h7H,8H2,1-6H3. The summed E-state index contributed by atoms with van der Waals surface area (Å²) in [7, 11) is 0. The van der Waals surface area contributed by atoms with Crippen molar-refractivity contribution < 1.29 is 4.79 Å². The molecule has 16 heavy (non-hydrogen) atoms. The van der Waals surface area contributed by atoms with Gasteiger partial charge in [-0.2, -0.15) is 0 Å². The molecule has 0 N–H and O–H groups in total. The van der Waals surface area contributed by atoms with Crippen LogP contribution in [0.2, 0.25) is 0 Å². The lowest BCUT2D eigenvalue weighted by molar-refractivity contribution is -0.126. The molecule has 0 bridgehead atoms. The van der Waals surface area contributed by atoms with Crippen molar-refractivity contribution in [2.24, 2.45) is 5.41 Å². The van der Waals surface area contributed by atoms with E-state index in [1.165, 1.54) is 0 Å². The van der Waals surface area contributed by atoms with Gasteiger partial charge in [0.15, 0.2) is 0 Å². The summed E-state index contributed by atoms with van der Waals surface area (Å²) in [6.45, 7) is 11.7. The second kappa shape index (κ2) is 4.00. The van der Waals surface area contributed by atoms with E-state index in [1.54, 1.807) is 6.92 Å². The van der Waals surface area contributed by atoms with Gasteiger partial charge < -0.3 is 0 Å². The van der Waals surface area contributed by atoms with Crippen molar-refractivity contribution in [2.45, 2.75) is 53.5 Å². The van der Waals surface area contributed by atoms with Crippen LogP contribution < -0.4 is 0 Å². The van der Waals surface area contributed by atoms with Crippen molar-refractivity contribution in [3.05, 3.63) is 11.9 Å². The highest BCUT2D eigenvalue weighted by molar-refractivity contribution is 5.81. The van der Waals surface area contributed by atoms with Gasteiger partial charge in [0, 0.05) is 11.6 Å². The zero-order valence-electron chi connectivity index (χ0n) is 11.0. The fourth-order valence-electron chi connectivity index (χ4n) is 1.93. The van der Waals surface area contributed by atoms with Crippen molar-refractivity contribution in [1.82, 2.24) is 15.0 Å². The van der Waals surface area contributed by atoms with Crippen LogP contribution in [0.15, 0.2) is 6.20 Å². The van der Waals surface area contributed by atoms with E-state index in [2.05, 4.69) is 24.2 Å². The van der Waals surface area contributed by atoms with Gasteiger partial charge in [-0.1, -0.05) is 19.1 Å². The van der Waals surface area contributed by atoms with E-state index in [1.807, 2.05) is 31.6 Å². The molecule has 0 spiro atoms. The van der Waals surface area contributed by atoms with E-state index in [-0.39, 0.29) is 16.7 Å². The second-order valence-electron chi connectivity index (χ2n) is 5.73. The van der Waals surface area contributed by atoms with Crippen LogP contribution >= 0.6 is 0 Å². The summed E-state index contributed by atoms with van der Waals surface area (Å²) in [5, 5.41) is 8.07. The Morgan fingerprint density at radius 1 is 1.38 bits per heavy atom. The number of rotatable bonds is 4. The minimum absolute atomic E-state index is 0.198. The average Bonchev–Trinajstić information content (AvgIpc) is 2.50. The highest BCUT2D eigenvalue weighted by Gasteiger charge is 2.34. The Balaban J connectivity index is 2.91. The van der Waals surface area contributed by atoms with Crippen LogP contribution in [0.3, 0.4) is 0 Å². The van der Waals surface area contributed by atoms with Gasteiger partial charge in [-0.05, 0) is 34.1 Å². The molecule has 1 aromatic rings. The van der Waals surface area contributed by atoms with Gasteiger partial charge in [0.2, 0.25) is 0 Å². The van der Waals surface area contributed by atoms with Gasteiger partial charge in [0.05, 0.1) is 11.2 Å². The van der Waals surface area contributed by atoms with Crippen molar-refractivity contribution in [3.63, 3.8) is 0 Å². The molecule has 0 aliphatic rings. The number of carbonyl (C=O) groups is 1. The summed E-state index contributed by atoms with van der Waals surface area (Å²) in [5.74, 6) is 0.206. The minimum Gasteiger partial charge on any atom is -0.299 e. The third-order valence-electron chi connectivity index (χ3n) is 3.06. The number of hydrogen-bond donors (Lipinski definition) is 0. The molecule has 1 rings (SSSR count). The molecule has 0 saturated carbocycles. The maximum absolute atomic E-state index is 11.5. The maximum atomic E-state index is 11.5. The first-order valence-electron chi connectivity index (χ1n) is 5.56. The van der Waals surface area contributed by atoms with E-state index in [9.17, 15) is 4.79 Å². The van der Waals surface area contributed by atoms with Crippen LogP contribution in [0.25, 0.3) is 0 Å². The van der Waals surface area contributed by atoms with Gasteiger partial charge in [0.25, 0.3) is 0 Å². The Kier molecular flexibility index (Phi) is 3.22. The fourth-order valence-corrected chi connectivity index (χ4v) is 1.93. The van der Waals surface area contributed by atoms with E-state index in [4.69, 9.17) is 0 Å². The molecule has 0 fully saturated rings. The molecule has 0 aliphatic carbocycles. The molecule has 0 saturated heterocycles. The molecule has 4 heteroatoms. The molecular weight excluding hydrogens is 202 g/mol. The predicted octanol–water partition coefficient (Wildman–Crippen LogP) is 2.33. The largest absolute Gasteiger partial charge is 0.299 e. The predicted molar refractivity (Wildman–Crippen MR) is 63.2 cm³/mol. The van der Waals surface area contributed by atoms with E-state index >= 15 is 0 Å². The van der Waals surface area contributed by atoms with Crippen molar-refractivity contribution in [3.8, 4) is 0 Å². The molecule has 0 aromatic carbocycles. The highest BCUT2D eigenvalue weighted by Crippen LogP contribution is 2.32. The summed E-state index contributed by atoms with van der Waals surface area (Å²) in [4.78, 5) is 11.5. The first kappa shape index (κ1) is 12.9. The Morgan fingerprint density at radius 3 is 2.31 bits per heavy atom. The lowest BCUT2D eigenvalue weighted by atomic mass is 9.77.